The molecule has 0 aromatic heterocycles. The summed E-state index contributed by atoms with van der Waals surface area (Å²) < 4.78 is 0. The van der Waals surface area contributed by atoms with E-state index in [0.29, 0.717) is 0 Å². The Kier molecular flexibility index (Phi) is 9.06. The van der Waals surface area contributed by atoms with Crippen molar-refractivity contribution in [2.45, 2.75) is 0 Å². The average Bonchev–Trinajstić information content (AvgIpc) is 3.27. The van der Waals surface area contributed by atoms with Crippen LogP contribution in [0.25, 0.3) is 21.9 Å². The van der Waals surface area contributed by atoms with Crippen molar-refractivity contribution in [3.05, 3.63) is 243 Å². The Morgan fingerprint density at radius 1 is 0.185 bits per heavy atom. The van der Waals surface area contributed by atoms with Gasteiger partial charge in [-0.1, -0.05) is 237 Å². The lowest BCUT2D eigenvalue weighted by Crippen LogP contribution is -2.74. The van der Waals surface area contributed by atoms with Crippen molar-refractivity contribution in [3.8, 4) is 11.1 Å². The first-order valence-electron chi connectivity index (χ1n) is 18.8. The van der Waals surface area contributed by atoms with Crippen molar-refractivity contribution in [2.24, 2.45) is 0 Å². The zero-order chi connectivity index (χ0) is 36.2. The van der Waals surface area contributed by atoms with Gasteiger partial charge in [0.25, 0.3) is 0 Å². The van der Waals surface area contributed by atoms with Gasteiger partial charge in [-0.05, 0) is 69.5 Å². The minimum Gasteiger partial charge on any atom is -0.0623 e. The van der Waals surface area contributed by atoms with Crippen LogP contribution in [-0.4, -0.2) is 16.1 Å². The quantitative estimate of drug-likeness (QED) is 0.109. The van der Waals surface area contributed by atoms with Crippen LogP contribution < -0.4 is 41.5 Å². The molecule has 0 amide bonds. The molecule has 0 spiro atoms. The molecule has 0 N–H and O–H groups in total. The Morgan fingerprint density at radius 3 is 0.815 bits per heavy atom. The highest BCUT2D eigenvalue weighted by Gasteiger charge is 2.42. The van der Waals surface area contributed by atoms with E-state index >= 15 is 0 Å². The Labute approximate surface area is 320 Å². The van der Waals surface area contributed by atoms with Gasteiger partial charge in [0.2, 0.25) is 0 Å². The van der Waals surface area contributed by atoms with E-state index in [9.17, 15) is 0 Å². The molecule has 0 nitrogen and oxygen atoms in total. The van der Waals surface area contributed by atoms with Gasteiger partial charge in [-0.2, -0.15) is 0 Å². The summed E-state index contributed by atoms with van der Waals surface area (Å²) in [5.41, 5.74) is 2.45. The molecule has 2 heteroatoms. The molecule has 0 atom stereocenters. The standard InChI is InChI=1S/C52H40Si2/c1-7-19-45(20-8-1)53(46-21-9-2-10-22-46,47-23-11-3-12-24-47)51-36-33-41(34-37-51)42-31-32-44-40-52(38-35-43(44)39-42)54(48-25-13-4-14-26-48,49-27-15-5-16-28-49)50-29-17-6-18-30-50/h1-40H. The molecule has 0 fully saturated rings. The van der Waals surface area contributed by atoms with Gasteiger partial charge in [-0.3, -0.25) is 0 Å². The van der Waals surface area contributed by atoms with Crippen LogP contribution in [0.3, 0.4) is 0 Å². The minimum atomic E-state index is -2.60. The molecule has 9 rings (SSSR count). The van der Waals surface area contributed by atoms with E-state index in [1.807, 2.05) is 0 Å². The van der Waals surface area contributed by atoms with E-state index < -0.39 is 16.1 Å². The van der Waals surface area contributed by atoms with E-state index in [2.05, 4.69) is 243 Å². The number of rotatable bonds is 9. The molecule has 0 aliphatic carbocycles. The predicted octanol–water partition coefficient (Wildman–Crippen LogP) is 7.26. The van der Waals surface area contributed by atoms with Gasteiger partial charge in [0.1, 0.15) is 0 Å². The topological polar surface area (TPSA) is 0 Å². The van der Waals surface area contributed by atoms with Crippen molar-refractivity contribution in [3.63, 3.8) is 0 Å². The highest BCUT2D eigenvalue weighted by atomic mass is 28.3. The normalized spacial score (nSPS) is 11.7. The maximum absolute atomic E-state index is 2.60. The van der Waals surface area contributed by atoms with Crippen LogP contribution in [0.2, 0.25) is 0 Å². The second-order valence-corrected chi connectivity index (χ2v) is 21.7. The molecule has 0 aliphatic heterocycles. The maximum Gasteiger partial charge on any atom is 0.179 e. The van der Waals surface area contributed by atoms with Crippen molar-refractivity contribution in [2.75, 3.05) is 0 Å². The Bertz CT molecular complexity index is 2410. The monoisotopic (exact) mass is 720 g/mol. The van der Waals surface area contributed by atoms with Crippen LogP contribution >= 0.6 is 0 Å². The van der Waals surface area contributed by atoms with Crippen LogP contribution in [0.4, 0.5) is 0 Å². The smallest absolute Gasteiger partial charge is 0.0623 e. The molecule has 0 saturated heterocycles. The highest BCUT2D eigenvalue weighted by Crippen LogP contribution is 2.25. The molecule has 256 valence electrons. The number of benzene rings is 9. The molecule has 54 heavy (non-hydrogen) atoms. The summed E-state index contributed by atoms with van der Waals surface area (Å²) in [7, 11) is -5.17. The highest BCUT2D eigenvalue weighted by molar-refractivity contribution is 7.20. The van der Waals surface area contributed by atoms with Gasteiger partial charge in [-0.15, -0.1) is 0 Å². The number of fused-ring (bicyclic) bond motifs is 1. The lowest BCUT2D eigenvalue weighted by molar-refractivity contribution is 1.64. The first-order valence-corrected chi connectivity index (χ1v) is 22.8. The SMILES string of the molecule is c1ccc([Si](c2ccccc2)(c2ccccc2)c2ccc(-c3ccc4cc([Si](c5ccccc5)(c5ccccc5)c5ccccc5)ccc4c3)cc2)cc1. The van der Waals surface area contributed by atoms with E-state index in [4.69, 9.17) is 0 Å². The van der Waals surface area contributed by atoms with Crippen LogP contribution in [-0.2, 0) is 0 Å². The van der Waals surface area contributed by atoms with Gasteiger partial charge in [0, 0.05) is 0 Å². The largest absolute Gasteiger partial charge is 0.179 e. The lowest BCUT2D eigenvalue weighted by atomic mass is 10.0. The Morgan fingerprint density at radius 2 is 0.444 bits per heavy atom. The fourth-order valence-corrected chi connectivity index (χ4v) is 18.2. The summed E-state index contributed by atoms with van der Waals surface area (Å²) in [6, 6.07) is 90.5. The summed E-state index contributed by atoms with van der Waals surface area (Å²) in [4.78, 5) is 0. The minimum absolute atomic E-state index is 1.23. The lowest BCUT2D eigenvalue weighted by Gasteiger charge is -2.34. The van der Waals surface area contributed by atoms with Crippen LogP contribution in [0.15, 0.2) is 243 Å². The molecule has 0 saturated carbocycles. The molecule has 0 radical (unpaired) electrons. The maximum atomic E-state index is 2.46. The van der Waals surface area contributed by atoms with Crippen LogP contribution in [0.5, 0.6) is 0 Å². The van der Waals surface area contributed by atoms with E-state index in [-0.39, 0.29) is 0 Å². The zero-order valence-electron chi connectivity index (χ0n) is 30.1. The summed E-state index contributed by atoms with van der Waals surface area (Å²) >= 11 is 0. The molecule has 0 heterocycles. The second-order valence-electron chi connectivity index (χ2n) is 14.1. The molecule has 0 aliphatic rings. The third kappa shape index (κ3) is 5.77. The predicted molar refractivity (Wildman–Crippen MR) is 237 cm³/mol. The fraction of sp³-hybridized carbons (Fsp3) is 0. The summed E-state index contributed by atoms with van der Waals surface area (Å²) in [5.74, 6) is 0. The van der Waals surface area contributed by atoms with Gasteiger partial charge in [0.05, 0.1) is 0 Å². The third-order valence-electron chi connectivity index (χ3n) is 11.2. The summed E-state index contributed by atoms with van der Waals surface area (Å²) in [5, 5.41) is 13.6. The second kappa shape index (κ2) is 14.6. The third-order valence-corrected chi connectivity index (χ3v) is 20.7. The first kappa shape index (κ1) is 33.5. The van der Waals surface area contributed by atoms with Crippen molar-refractivity contribution < 1.29 is 0 Å². The molecule has 9 aromatic rings. The van der Waals surface area contributed by atoms with E-state index in [1.54, 1.807) is 0 Å². The van der Waals surface area contributed by atoms with Crippen molar-refractivity contribution in [1.82, 2.24) is 0 Å². The van der Waals surface area contributed by atoms with Crippen molar-refractivity contribution >= 4 is 68.4 Å². The van der Waals surface area contributed by atoms with Crippen LogP contribution in [0, 0.1) is 0 Å². The van der Waals surface area contributed by atoms with Crippen molar-refractivity contribution in [1.29, 1.82) is 0 Å². The number of hydrogen-bond donors (Lipinski definition) is 0. The number of hydrogen-bond acceptors (Lipinski definition) is 0. The first-order chi connectivity index (χ1) is 26.8. The Balaban J connectivity index is 1.16. The molecular formula is C52H40Si2. The fourth-order valence-electron chi connectivity index (χ4n) is 8.70. The summed E-state index contributed by atoms with van der Waals surface area (Å²) in [6.45, 7) is 0. The summed E-state index contributed by atoms with van der Waals surface area (Å²) in [6.07, 6.45) is 0. The molecule has 9 aromatic carbocycles. The van der Waals surface area contributed by atoms with Crippen LogP contribution in [0.1, 0.15) is 0 Å². The van der Waals surface area contributed by atoms with E-state index in [1.165, 1.54) is 63.4 Å². The average molecular weight is 721 g/mol. The zero-order valence-corrected chi connectivity index (χ0v) is 32.1. The van der Waals surface area contributed by atoms with Gasteiger partial charge in [0.15, 0.2) is 16.1 Å². The molecule has 0 unspecified atom stereocenters. The molecular weight excluding hydrogens is 681 g/mol. The Hall–Kier alpha value is -6.33. The van der Waals surface area contributed by atoms with Gasteiger partial charge >= 0.3 is 0 Å². The van der Waals surface area contributed by atoms with Gasteiger partial charge < -0.3 is 0 Å². The van der Waals surface area contributed by atoms with Gasteiger partial charge in [-0.25, -0.2) is 0 Å². The van der Waals surface area contributed by atoms with E-state index in [0.717, 1.165) is 0 Å². The molecule has 0 bridgehead atoms.